The third kappa shape index (κ3) is 2.55. The fourth-order valence-electron chi connectivity index (χ4n) is 3.28. The maximum absolute atomic E-state index is 5.22. The van der Waals surface area contributed by atoms with Crippen molar-refractivity contribution in [1.29, 1.82) is 0 Å². The van der Waals surface area contributed by atoms with Crippen molar-refractivity contribution in [1.82, 2.24) is 9.97 Å². The third-order valence-corrected chi connectivity index (χ3v) is 5.62. The summed E-state index contributed by atoms with van der Waals surface area (Å²) in [5.41, 5.74) is 2.72. The summed E-state index contributed by atoms with van der Waals surface area (Å²) in [7, 11) is 3.79. The van der Waals surface area contributed by atoms with E-state index in [4.69, 9.17) is 4.74 Å². The van der Waals surface area contributed by atoms with Gasteiger partial charge in [-0.2, -0.15) is 0 Å². The summed E-state index contributed by atoms with van der Waals surface area (Å²) < 4.78 is 5.22. The summed E-state index contributed by atoms with van der Waals surface area (Å²) in [5, 5.41) is 1.26. The van der Waals surface area contributed by atoms with Gasteiger partial charge in [0.25, 0.3) is 0 Å². The molecule has 2 aromatic heterocycles. The SMILES string of the molecule is COc1ccc(CN(C)c2ncnc3sc4c(c23)CCC4)cc1. The molecule has 0 fully saturated rings. The van der Waals surface area contributed by atoms with Crippen molar-refractivity contribution in [3.8, 4) is 5.75 Å². The number of rotatable bonds is 4. The van der Waals surface area contributed by atoms with E-state index < -0.39 is 0 Å². The Morgan fingerprint density at radius 1 is 1.17 bits per heavy atom. The Morgan fingerprint density at radius 2 is 2.00 bits per heavy atom. The fourth-order valence-corrected chi connectivity index (χ4v) is 4.50. The summed E-state index contributed by atoms with van der Waals surface area (Å²) in [6.07, 6.45) is 5.30. The molecule has 0 saturated heterocycles. The molecule has 0 aliphatic heterocycles. The largest absolute Gasteiger partial charge is 0.497 e. The van der Waals surface area contributed by atoms with Crippen molar-refractivity contribution in [2.24, 2.45) is 0 Å². The van der Waals surface area contributed by atoms with Crippen LogP contribution in [-0.4, -0.2) is 24.1 Å². The minimum Gasteiger partial charge on any atom is -0.497 e. The van der Waals surface area contributed by atoms with Crippen LogP contribution in [0.1, 0.15) is 22.4 Å². The van der Waals surface area contributed by atoms with Gasteiger partial charge in [0.1, 0.15) is 22.7 Å². The molecule has 118 valence electrons. The summed E-state index contributed by atoms with van der Waals surface area (Å²) in [5.74, 6) is 1.93. The first kappa shape index (κ1) is 14.5. The number of benzene rings is 1. The normalized spacial score (nSPS) is 13.3. The van der Waals surface area contributed by atoms with Crippen LogP contribution in [0, 0.1) is 0 Å². The highest BCUT2D eigenvalue weighted by atomic mass is 32.1. The number of hydrogen-bond acceptors (Lipinski definition) is 5. The first-order valence-electron chi connectivity index (χ1n) is 7.85. The monoisotopic (exact) mass is 325 g/mol. The molecule has 3 aromatic rings. The molecule has 0 atom stereocenters. The molecular weight excluding hydrogens is 306 g/mol. The Labute approximate surface area is 139 Å². The van der Waals surface area contributed by atoms with E-state index in [2.05, 4.69) is 34.0 Å². The fraction of sp³-hybridized carbons (Fsp3) is 0.333. The van der Waals surface area contributed by atoms with Crippen molar-refractivity contribution in [3.63, 3.8) is 0 Å². The van der Waals surface area contributed by atoms with E-state index >= 15 is 0 Å². The van der Waals surface area contributed by atoms with Crippen LogP contribution < -0.4 is 9.64 Å². The van der Waals surface area contributed by atoms with Crippen molar-refractivity contribution in [3.05, 3.63) is 46.6 Å². The number of thiophene rings is 1. The van der Waals surface area contributed by atoms with Crippen molar-refractivity contribution in [2.45, 2.75) is 25.8 Å². The molecule has 0 spiro atoms. The van der Waals surface area contributed by atoms with E-state index in [0.717, 1.165) is 29.4 Å². The van der Waals surface area contributed by atoms with Gasteiger partial charge in [-0.1, -0.05) is 12.1 Å². The molecule has 0 saturated carbocycles. The average molecular weight is 325 g/mol. The summed E-state index contributed by atoms with van der Waals surface area (Å²) >= 11 is 1.83. The number of nitrogens with zero attached hydrogens (tertiary/aromatic N) is 3. The van der Waals surface area contributed by atoms with E-state index in [0.29, 0.717) is 0 Å². The van der Waals surface area contributed by atoms with Gasteiger partial charge in [0.05, 0.1) is 12.5 Å². The minimum absolute atomic E-state index is 0.820. The minimum atomic E-state index is 0.820. The molecule has 0 radical (unpaired) electrons. The summed E-state index contributed by atoms with van der Waals surface area (Å²) in [6, 6.07) is 8.21. The summed E-state index contributed by atoms with van der Waals surface area (Å²) in [6.45, 7) is 0.820. The lowest BCUT2D eigenvalue weighted by Gasteiger charge is -2.19. The second kappa shape index (κ2) is 5.81. The van der Waals surface area contributed by atoms with Gasteiger partial charge in [0.15, 0.2) is 0 Å². The average Bonchev–Trinajstić information content (AvgIpc) is 3.16. The Bertz CT molecular complexity index is 841. The maximum atomic E-state index is 5.22. The molecule has 0 amide bonds. The zero-order valence-corrected chi connectivity index (χ0v) is 14.2. The number of anilines is 1. The van der Waals surface area contributed by atoms with Gasteiger partial charge >= 0.3 is 0 Å². The number of hydrogen-bond donors (Lipinski definition) is 0. The molecule has 23 heavy (non-hydrogen) atoms. The van der Waals surface area contributed by atoms with Gasteiger partial charge in [-0.15, -0.1) is 11.3 Å². The second-order valence-corrected chi connectivity index (χ2v) is 7.02. The van der Waals surface area contributed by atoms with Gasteiger partial charge in [0.2, 0.25) is 0 Å². The lowest BCUT2D eigenvalue weighted by Crippen LogP contribution is -2.18. The molecule has 1 aliphatic rings. The number of ether oxygens (including phenoxy) is 1. The van der Waals surface area contributed by atoms with Crippen molar-refractivity contribution < 1.29 is 4.74 Å². The molecule has 1 aliphatic carbocycles. The number of aryl methyl sites for hydroxylation is 2. The van der Waals surface area contributed by atoms with Crippen molar-refractivity contribution >= 4 is 27.4 Å². The first-order chi connectivity index (χ1) is 11.3. The third-order valence-electron chi connectivity index (χ3n) is 4.42. The first-order valence-corrected chi connectivity index (χ1v) is 8.67. The van der Waals surface area contributed by atoms with Crippen LogP contribution in [0.5, 0.6) is 5.75 Å². The second-order valence-electron chi connectivity index (χ2n) is 5.94. The Hall–Kier alpha value is -2.14. The Kier molecular flexibility index (Phi) is 3.65. The smallest absolute Gasteiger partial charge is 0.141 e. The highest BCUT2D eigenvalue weighted by molar-refractivity contribution is 7.19. The van der Waals surface area contributed by atoms with Crippen LogP contribution in [0.2, 0.25) is 0 Å². The standard InChI is InChI=1S/C18H19N3OS/c1-21(10-12-6-8-13(22-2)9-7-12)17-16-14-4-3-5-15(14)23-18(16)20-11-19-17/h6-9,11H,3-5,10H2,1-2H3. The number of fused-ring (bicyclic) bond motifs is 3. The van der Waals surface area contributed by atoms with E-state index in [9.17, 15) is 0 Å². The number of methoxy groups -OCH3 is 1. The van der Waals surface area contributed by atoms with E-state index in [1.807, 2.05) is 23.5 Å². The highest BCUT2D eigenvalue weighted by Gasteiger charge is 2.22. The van der Waals surface area contributed by atoms with Crippen LogP contribution in [0.15, 0.2) is 30.6 Å². The van der Waals surface area contributed by atoms with Gasteiger partial charge in [-0.3, -0.25) is 0 Å². The van der Waals surface area contributed by atoms with E-state index in [1.165, 1.54) is 34.2 Å². The lowest BCUT2D eigenvalue weighted by molar-refractivity contribution is 0.414. The van der Waals surface area contributed by atoms with Crippen LogP contribution in [0.4, 0.5) is 5.82 Å². The molecule has 0 bridgehead atoms. The summed E-state index contributed by atoms with van der Waals surface area (Å²) in [4.78, 5) is 13.9. The zero-order valence-electron chi connectivity index (χ0n) is 13.4. The molecule has 5 heteroatoms. The molecule has 2 heterocycles. The molecule has 4 nitrogen and oxygen atoms in total. The van der Waals surface area contributed by atoms with Crippen molar-refractivity contribution in [2.75, 3.05) is 19.1 Å². The molecular formula is C18H19N3OS. The predicted octanol–water partition coefficient (Wildman–Crippen LogP) is 3.83. The van der Waals surface area contributed by atoms with Crippen LogP contribution >= 0.6 is 11.3 Å². The quantitative estimate of drug-likeness (QED) is 0.731. The van der Waals surface area contributed by atoms with Crippen LogP contribution in [-0.2, 0) is 19.4 Å². The predicted molar refractivity (Wildman–Crippen MR) is 94.5 cm³/mol. The van der Waals surface area contributed by atoms with E-state index in [-0.39, 0.29) is 0 Å². The molecule has 1 aromatic carbocycles. The van der Waals surface area contributed by atoms with Crippen LogP contribution in [0.3, 0.4) is 0 Å². The molecule has 0 unspecified atom stereocenters. The topological polar surface area (TPSA) is 38.2 Å². The van der Waals surface area contributed by atoms with Gasteiger partial charge in [0, 0.05) is 18.5 Å². The lowest BCUT2D eigenvalue weighted by atomic mass is 10.1. The zero-order chi connectivity index (χ0) is 15.8. The highest BCUT2D eigenvalue weighted by Crippen LogP contribution is 2.40. The van der Waals surface area contributed by atoms with Gasteiger partial charge < -0.3 is 9.64 Å². The Balaban J connectivity index is 1.67. The van der Waals surface area contributed by atoms with Crippen LogP contribution in [0.25, 0.3) is 10.2 Å². The number of aromatic nitrogens is 2. The van der Waals surface area contributed by atoms with E-state index in [1.54, 1.807) is 13.4 Å². The maximum Gasteiger partial charge on any atom is 0.141 e. The van der Waals surface area contributed by atoms with Gasteiger partial charge in [-0.05, 0) is 42.5 Å². The van der Waals surface area contributed by atoms with Gasteiger partial charge in [-0.25, -0.2) is 9.97 Å². The molecule has 4 rings (SSSR count). The molecule has 0 N–H and O–H groups in total. The Morgan fingerprint density at radius 3 is 2.78 bits per heavy atom.